The first-order valence-corrected chi connectivity index (χ1v) is 5.90. The van der Waals surface area contributed by atoms with Crippen LogP contribution in [-0.4, -0.2) is 32.8 Å². The molecule has 86 valence electrons. The number of carbonyl (C=O) groups is 1. The molecule has 7 heteroatoms. The van der Waals surface area contributed by atoms with Crippen molar-refractivity contribution in [1.29, 1.82) is 0 Å². The highest BCUT2D eigenvalue weighted by Crippen LogP contribution is 2.33. The summed E-state index contributed by atoms with van der Waals surface area (Å²) in [4.78, 5) is 16.7. The second-order valence-corrected chi connectivity index (χ2v) is 4.44. The van der Waals surface area contributed by atoms with Gasteiger partial charge in [-0.2, -0.15) is 5.10 Å². The molecule has 0 saturated carbocycles. The van der Waals surface area contributed by atoms with E-state index in [4.69, 9.17) is 5.11 Å². The van der Waals surface area contributed by atoms with Crippen molar-refractivity contribution >= 4 is 28.3 Å². The van der Waals surface area contributed by atoms with E-state index in [9.17, 15) is 4.79 Å². The topological polar surface area (TPSA) is 79.2 Å². The fourth-order valence-corrected chi connectivity index (χ4v) is 2.61. The Hall–Kier alpha value is -2.02. The minimum absolute atomic E-state index is 0.0716. The van der Waals surface area contributed by atoms with E-state index in [1.54, 1.807) is 6.20 Å². The van der Waals surface area contributed by atoms with Gasteiger partial charge in [-0.05, 0) is 12.5 Å². The van der Waals surface area contributed by atoms with Crippen LogP contribution in [0.25, 0.3) is 0 Å². The number of thiazole rings is 1. The van der Waals surface area contributed by atoms with Crippen molar-refractivity contribution in [3.05, 3.63) is 28.9 Å². The fraction of sp³-hybridized carbons (Fsp3) is 0.200. The van der Waals surface area contributed by atoms with Gasteiger partial charge in [-0.1, -0.05) is 0 Å². The third kappa shape index (κ3) is 1.64. The van der Waals surface area contributed by atoms with Crippen molar-refractivity contribution in [2.24, 2.45) is 0 Å². The van der Waals surface area contributed by atoms with Gasteiger partial charge in [0, 0.05) is 17.5 Å². The summed E-state index contributed by atoms with van der Waals surface area (Å²) >= 11 is 1.30. The van der Waals surface area contributed by atoms with Gasteiger partial charge >= 0.3 is 5.97 Å². The lowest BCUT2D eigenvalue weighted by molar-refractivity contribution is 0.0691. The van der Waals surface area contributed by atoms with Crippen LogP contribution in [0.5, 0.6) is 0 Å². The maximum Gasteiger partial charge on any atom is 0.355 e. The molecular formula is C10H8N4O2S. The number of carboxylic acids is 1. The molecule has 0 spiro atoms. The lowest BCUT2D eigenvalue weighted by Gasteiger charge is -2.12. The highest BCUT2D eigenvalue weighted by atomic mass is 32.1. The number of anilines is 2. The molecule has 6 nitrogen and oxygen atoms in total. The largest absolute Gasteiger partial charge is 0.476 e. The molecule has 1 N–H and O–H groups in total. The van der Waals surface area contributed by atoms with Gasteiger partial charge in [-0.15, -0.1) is 16.4 Å². The Kier molecular flexibility index (Phi) is 2.25. The first-order chi connectivity index (χ1) is 8.25. The molecule has 17 heavy (non-hydrogen) atoms. The summed E-state index contributed by atoms with van der Waals surface area (Å²) in [6.07, 6.45) is 2.54. The molecule has 3 heterocycles. The number of aromatic carboxylic acids is 1. The Morgan fingerprint density at radius 3 is 3.18 bits per heavy atom. The van der Waals surface area contributed by atoms with E-state index in [-0.39, 0.29) is 5.69 Å². The van der Waals surface area contributed by atoms with Crippen LogP contribution in [0.3, 0.4) is 0 Å². The minimum atomic E-state index is -1.01. The monoisotopic (exact) mass is 248 g/mol. The summed E-state index contributed by atoms with van der Waals surface area (Å²) in [5.74, 6) is -0.232. The molecular weight excluding hydrogens is 240 g/mol. The Morgan fingerprint density at radius 1 is 1.53 bits per heavy atom. The summed E-state index contributed by atoms with van der Waals surface area (Å²) < 4.78 is 0. The van der Waals surface area contributed by atoms with Crippen LogP contribution in [-0.2, 0) is 6.42 Å². The van der Waals surface area contributed by atoms with Crippen molar-refractivity contribution in [2.75, 3.05) is 11.4 Å². The van der Waals surface area contributed by atoms with Crippen LogP contribution in [0.2, 0.25) is 0 Å². The molecule has 0 bridgehead atoms. The average Bonchev–Trinajstić information content (AvgIpc) is 2.95. The van der Waals surface area contributed by atoms with Crippen molar-refractivity contribution in [3.63, 3.8) is 0 Å². The van der Waals surface area contributed by atoms with E-state index in [1.807, 2.05) is 11.0 Å². The third-order valence-electron chi connectivity index (χ3n) is 2.58. The first-order valence-electron chi connectivity index (χ1n) is 5.02. The molecule has 0 unspecified atom stereocenters. The summed E-state index contributed by atoms with van der Waals surface area (Å²) in [7, 11) is 0. The Labute approximate surface area is 101 Å². The molecule has 2 aromatic rings. The van der Waals surface area contributed by atoms with E-state index >= 15 is 0 Å². The SMILES string of the molecule is O=C(O)c1csc(N2CCc3ccnnc32)n1. The molecule has 0 aliphatic carbocycles. The lowest BCUT2D eigenvalue weighted by atomic mass is 10.2. The average molecular weight is 248 g/mol. The maximum atomic E-state index is 10.8. The van der Waals surface area contributed by atoms with Crippen LogP contribution in [0.4, 0.5) is 10.9 Å². The highest BCUT2D eigenvalue weighted by Gasteiger charge is 2.25. The molecule has 0 aromatic carbocycles. The Balaban J connectivity index is 1.98. The van der Waals surface area contributed by atoms with Crippen molar-refractivity contribution in [3.8, 4) is 0 Å². The quantitative estimate of drug-likeness (QED) is 0.863. The predicted octanol–water partition coefficient (Wildman–Crippen LogP) is 1.33. The first kappa shape index (κ1) is 10.2. The van der Waals surface area contributed by atoms with Crippen molar-refractivity contribution in [2.45, 2.75) is 6.42 Å². The highest BCUT2D eigenvalue weighted by molar-refractivity contribution is 7.14. The summed E-state index contributed by atoms with van der Waals surface area (Å²) in [6, 6.07) is 1.92. The van der Waals surface area contributed by atoms with Gasteiger partial charge in [-0.3, -0.25) is 0 Å². The van der Waals surface area contributed by atoms with Crippen molar-refractivity contribution < 1.29 is 9.90 Å². The van der Waals surface area contributed by atoms with E-state index in [1.165, 1.54) is 16.7 Å². The molecule has 0 radical (unpaired) electrons. The molecule has 0 atom stereocenters. The van der Waals surface area contributed by atoms with Gasteiger partial charge < -0.3 is 10.0 Å². The number of carboxylic acid groups (broad SMARTS) is 1. The second kappa shape index (κ2) is 3.77. The second-order valence-electron chi connectivity index (χ2n) is 3.60. The summed E-state index contributed by atoms with van der Waals surface area (Å²) in [6.45, 7) is 0.764. The zero-order valence-electron chi connectivity index (χ0n) is 8.70. The van der Waals surface area contributed by atoms with E-state index < -0.39 is 5.97 Å². The molecule has 0 fully saturated rings. The molecule has 1 aliphatic rings. The van der Waals surface area contributed by atoms with Gasteiger partial charge in [-0.25, -0.2) is 9.78 Å². The van der Waals surface area contributed by atoms with Crippen LogP contribution < -0.4 is 4.90 Å². The maximum absolute atomic E-state index is 10.8. The van der Waals surface area contributed by atoms with Crippen LogP contribution in [0, 0.1) is 0 Å². The zero-order chi connectivity index (χ0) is 11.8. The lowest BCUT2D eigenvalue weighted by Crippen LogP contribution is -2.14. The van der Waals surface area contributed by atoms with Crippen LogP contribution in [0.1, 0.15) is 16.1 Å². The standard InChI is InChI=1S/C10H8N4O2S/c15-9(16)7-5-17-10(12-7)14-4-2-6-1-3-11-13-8(6)14/h1,3,5H,2,4H2,(H,15,16). The number of hydrogen-bond acceptors (Lipinski definition) is 6. The number of rotatable bonds is 2. The summed E-state index contributed by atoms with van der Waals surface area (Å²) in [5, 5.41) is 18.9. The molecule has 0 amide bonds. The molecule has 1 aliphatic heterocycles. The minimum Gasteiger partial charge on any atom is -0.476 e. The molecule has 0 saturated heterocycles. The predicted molar refractivity (Wildman–Crippen MR) is 61.8 cm³/mol. The third-order valence-corrected chi connectivity index (χ3v) is 3.45. The van der Waals surface area contributed by atoms with Gasteiger partial charge in [0.1, 0.15) is 0 Å². The van der Waals surface area contributed by atoms with Crippen LogP contribution in [0.15, 0.2) is 17.6 Å². The van der Waals surface area contributed by atoms with Crippen molar-refractivity contribution in [1.82, 2.24) is 15.2 Å². The smallest absolute Gasteiger partial charge is 0.355 e. The van der Waals surface area contributed by atoms with E-state index in [0.29, 0.717) is 5.13 Å². The molecule has 2 aromatic heterocycles. The van der Waals surface area contributed by atoms with E-state index in [2.05, 4.69) is 15.2 Å². The fourth-order valence-electron chi connectivity index (χ4n) is 1.78. The summed E-state index contributed by atoms with van der Waals surface area (Å²) in [5.41, 5.74) is 1.19. The number of nitrogens with zero attached hydrogens (tertiary/aromatic N) is 4. The van der Waals surface area contributed by atoms with Gasteiger partial charge in [0.2, 0.25) is 0 Å². The van der Waals surface area contributed by atoms with Gasteiger partial charge in [0.05, 0.1) is 6.20 Å². The van der Waals surface area contributed by atoms with Gasteiger partial charge in [0.25, 0.3) is 0 Å². The van der Waals surface area contributed by atoms with Crippen LogP contribution >= 0.6 is 11.3 Å². The number of hydrogen-bond donors (Lipinski definition) is 1. The normalized spacial score (nSPS) is 13.8. The Bertz CT molecular complexity index is 583. The number of fused-ring (bicyclic) bond motifs is 1. The van der Waals surface area contributed by atoms with E-state index in [0.717, 1.165) is 24.3 Å². The zero-order valence-corrected chi connectivity index (χ0v) is 9.52. The Morgan fingerprint density at radius 2 is 2.41 bits per heavy atom. The number of aromatic nitrogens is 3. The molecule has 3 rings (SSSR count). The van der Waals surface area contributed by atoms with Gasteiger partial charge in [0.15, 0.2) is 16.6 Å².